The van der Waals surface area contributed by atoms with Crippen LogP contribution in [0.25, 0.3) is 16.9 Å². The summed E-state index contributed by atoms with van der Waals surface area (Å²) in [5.74, 6) is 0.712. The van der Waals surface area contributed by atoms with Crippen molar-refractivity contribution in [3.63, 3.8) is 0 Å². The molecule has 0 saturated heterocycles. The first-order chi connectivity index (χ1) is 14.1. The topological polar surface area (TPSA) is 111 Å². The third-order valence-electron chi connectivity index (χ3n) is 5.41. The van der Waals surface area contributed by atoms with E-state index in [0.29, 0.717) is 11.9 Å². The molecule has 29 heavy (non-hydrogen) atoms. The first-order valence-electron chi connectivity index (χ1n) is 10.4. The van der Waals surface area contributed by atoms with Crippen LogP contribution in [0.4, 0.5) is 11.5 Å². The van der Waals surface area contributed by atoms with Crippen LogP contribution in [-0.4, -0.2) is 26.5 Å². The van der Waals surface area contributed by atoms with Gasteiger partial charge >= 0.3 is 0 Å². The number of nitrogens with two attached hydrogens (primary N) is 2. The van der Waals surface area contributed by atoms with Crippen molar-refractivity contribution in [2.75, 3.05) is 11.1 Å². The summed E-state index contributed by atoms with van der Waals surface area (Å²) in [5, 5.41) is 7.24. The van der Waals surface area contributed by atoms with E-state index in [1.54, 1.807) is 16.8 Å². The number of aromatic nitrogens is 3. The van der Waals surface area contributed by atoms with Gasteiger partial charge in [0, 0.05) is 23.2 Å². The Kier molecular flexibility index (Phi) is 5.76. The second-order valence-corrected chi connectivity index (χ2v) is 7.91. The number of benzene rings is 1. The Morgan fingerprint density at radius 2 is 1.86 bits per heavy atom. The summed E-state index contributed by atoms with van der Waals surface area (Å²) in [6, 6.07) is 11.8. The molecule has 7 heteroatoms. The summed E-state index contributed by atoms with van der Waals surface area (Å²) in [6.45, 7) is 0. The first-order valence-corrected chi connectivity index (χ1v) is 10.4. The Labute approximate surface area is 170 Å². The molecule has 5 rings (SSSR count). The Hall–Kier alpha value is -2.93. The molecule has 0 radical (unpaired) electrons. The predicted molar refractivity (Wildman–Crippen MR) is 115 cm³/mol. The number of anilines is 2. The van der Waals surface area contributed by atoms with E-state index in [4.69, 9.17) is 11.5 Å². The van der Waals surface area contributed by atoms with E-state index in [0.717, 1.165) is 35.4 Å². The summed E-state index contributed by atoms with van der Waals surface area (Å²) in [5.41, 5.74) is 14.7. The quantitative estimate of drug-likeness (QED) is 0.630. The fourth-order valence-electron chi connectivity index (χ4n) is 3.56. The molecule has 0 bridgehead atoms. The average molecular weight is 393 g/mol. The lowest BCUT2D eigenvalue weighted by Crippen LogP contribution is -2.22. The van der Waals surface area contributed by atoms with Crippen molar-refractivity contribution in [1.82, 2.24) is 14.6 Å². The Morgan fingerprint density at radius 3 is 2.55 bits per heavy atom. The number of rotatable bonds is 3. The monoisotopic (exact) mass is 392 g/mol. The van der Waals surface area contributed by atoms with Crippen LogP contribution >= 0.6 is 0 Å². The number of hydrogen-bond acceptors (Lipinski definition) is 5. The van der Waals surface area contributed by atoms with Crippen LogP contribution in [0.15, 0.2) is 42.6 Å². The predicted octanol–water partition coefficient (Wildman–Crippen LogP) is 3.60. The number of carbonyl (C=O) groups is 1. The maximum absolute atomic E-state index is 11.9. The third kappa shape index (κ3) is 4.92. The van der Waals surface area contributed by atoms with E-state index in [9.17, 15) is 4.79 Å². The van der Waals surface area contributed by atoms with Gasteiger partial charge in [-0.2, -0.15) is 0 Å². The van der Waals surface area contributed by atoms with Crippen LogP contribution in [-0.2, 0) is 4.79 Å². The van der Waals surface area contributed by atoms with Gasteiger partial charge in [0.25, 0.3) is 0 Å². The molecule has 2 saturated carbocycles. The molecule has 0 aliphatic heterocycles. The Bertz CT molecular complexity index is 988. The highest BCUT2D eigenvalue weighted by atomic mass is 16.2. The molecule has 3 aromatic rings. The molecule has 0 atom stereocenters. The van der Waals surface area contributed by atoms with E-state index in [1.807, 2.05) is 30.3 Å². The van der Waals surface area contributed by atoms with Gasteiger partial charge < -0.3 is 16.8 Å². The number of nitrogen functional groups attached to an aromatic ring is 1. The maximum atomic E-state index is 11.9. The standard InChI is InChI=1S/C16H15N5O.C6H13N/c17-14-6-7-15-18-9-13(21(15)20-14)11-2-1-3-12(8-11)19-16(22)10-4-5-10;7-6-4-2-1-3-5-6/h1-3,6-10H,4-5H2,(H2,17,20)(H,19,22);6H,1-5,7H2. The molecule has 2 aliphatic rings. The molecular formula is C22H28N6O. The average Bonchev–Trinajstić information content (AvgIpc) is 3.50. The minimum Gasteiger partial charge on any atom is -0.382 e. The maximum Gasteiger partial charge on any atom is 0.227 e. The zero-order valence-corrected chi connectivity index (χ0v) is 16.6. The summed E-state index contributed by atoms with van der Waals surface area (Å²) >= 11 is 0. The molecule has 2 fully saturated rings. The summed E-state index contributed by atoms with van der Waals surface area (Å²) in [4.78, 5) is 16.2. The van der Waals surface area contributed by atoms with Crippen LogP contribution in [0.2, 0.25) is 0 Å². The second kappa shape index (κ2) is 8.61. The third-order valence-corrected chi connectivity index (χ3v) is 5.41. The number of imidazole rings is 1. The fraction of sp³-hybridized carbons (Fsp3) is 0.409. The van der Waals surface area contributed by atoms with E-state index in [2.05, 4.69) is 15.4 Å². The van der Waals surface area contributed by atoms with Crippen LogP contribution in [0.3, 0.4) is 0 Å². The lowest BCUT2D eigenvalue weighted by molar-refractivity contribution is -0.117. The van der Waals surface area contributed by atoms with Crippen molar-refractivity contribution in [3.8, 4) is 11.3 Å². The zero-order valence-electron chi connectivity index (χ0n) is 16.6. The minimum absolute atomic E-state index is 0.0951. The Morgan fingerprint density at radius 1 is 1.07 bits per heavy atom. The number of carbonyl (C=O) groups excluding carboxylic acids is 1. The molecule has 0 spiro atoms. The largest absolute Gasteiger partial charge is 0.382 e. The van der Waals surface area contributed by atoms with E-state index >= 15 is 0 Å². The lowest BCUT2D eigenvalue weighted by Gasteiger charge is -2.15. The molecule has 7 nitrogen and oxygen atoms in total. The van der Waals surface area contributed by atoms with Gasteiger partial charge in [-0.05, 0) is 49.9 Å². The zero-order chi connectivity index (χ0) is 20.2. The van der Waals surface area contributed by atoms with Crippen molar-refractivity contribution < 1.29 is 4.79 Å². The number of amides is 1. The van der Waals surface area contributed by atoms with Gasteiger partial charge in [-0.1, -0.05) is 31.4 Å². The van der Waals surface area contributed by atoms with Crippen molar-refractivity contribution in [2.24, 2.45) is 11.7 Å². The molecule has 1 amide bonds. The second-order valence-electron chi connectivity index (χ2n) is 7.91. The van der Waals surface area contributed by atoms with Crippen molar-refractivity contribution >= 4 is 23.1 Å². The number of nitrogens with zero attached hydrogens (tertiary/aromatic N) is 3. The van der Waals surface area contributed by atoms with Crippen LogP contribution in [0, 0.1) is 5.92 Å². The van der Waals surface area contributed by atoms with Crippen LogP contribution in [0.1, 0.15) is 44.9 Å². The minimum atomic E-state index is 0.0951. The van der Waals surface area contributed by atoms with E-state index in [-0.39, 0.29) is 11.8 Å². The highest BCUT2D eigenvalue weighted by molar-refractivity contribution is 5.94. The van der Waals surface area contributed by atoms with Gasteiger partial charge in [-0.3, -0.25) is 4.79 Å². The molecule has 5 N–H and O–H groups in total. The summed E-state index contributed by atoms with van der Waals surface area (Å²) in [6.07, 6.45) is 10.4. The van der Waals surface area contributed by atoms with Crippen molar-refractivity contribution in [3.05, 3.63) is 42.6 Å². The molecule has 152 valence electrons. The molecular weight excluding hydrogens is 364 g/mol. The van der Waals surface area contributed by atoms with Crippen LogP contribution < -0.4 is 16.8 Å². The van der Waals surface area contributed by atoms with Gasteiger partial charge in [0.1, 0.15) is 5.82 Å². The normalized spacial score (nSPS) is 16.9. The smallest absolute Gasteiger partial charge is 0.227 e. The SMILES string of the molecule is NC1CCCCC1.Nc1ccc2ncc(-c3cccc(NC(=O)C4CC4)c3)n2n1. The molecule has 2 aromatic heterocycles. The molecule has 1 aromatic carbocycles. The molecule has 0 unspecified atom stereocenters. The van der Waals surface area contributed by atoms with Crippen LogP contribution in [0.5, 0.6) is 0 Å². The fourth-order valence-corrected chi connectivity index (χ4v) is 3.56. The summed E-state index contributed by atoms with van der Waals surface area (Å²) < 4.78 is 1.71. The van der Waals surface area contributed by atoms with Gasteiger partial charge in [0.15, 0.2) is 5.65 Å². The summed E-state index contributed by atoms with van der Waals surface area (Å²) in [7, 11) is 0. The van der Waals surface area contributed by atoms with Gasteiger partial charge in [-0.15, -0.1) is 5.10 Å². The number of fused-ring (bicyclic) bond motifs is 1. The van der Waals surface area contributed by atoms with Gasteiger partial charge in [-0.25, -0.2) is 9.50 Å². The van der Waals surface area contributed by atoms with Gasteiger partial charge in [0.2, 0.25) is 5.91 Å². The van der Waals surface area contributed by atoms with Crippen molar-refractivity contribution in [2.45, 2.75) is 51.0 Å². The van der Waals surface area contributed by atoms with Gasteiger partial charge in [0.05, 0.1) is 11.9 Å². The number of hydrogen-bond donors (Lipinski definition) is 3. The van der Waals surface area contributed by atoms with E-state index < -0.39 is 0 Å². The Balaban J connectivity index is 0.000000249. The number of nitrogens with one attached hydrogen (secondary N) is 1. The highest BCUT2D eigenvalue weighted by Gasteiger charge is 2.29. The first kappa shape index (κ1) is 19.4. The molecule has 2 heterocycles. The van der Waals surface area contributed by atoms with Crippen molar-refractivity contribution in [1.29, 1.82) is 0 Å². The molecule has 2 aliphatic carbocycles. The lowest BCUT2D eigenvalue weighted by atomic mass is 9.97. The van der Waals surface area contributed by atoms with E-state index in [1.165, 1.54) is 32.1 Å². The highest BCUT2D eigenvalue weighted by Crippen LogP contribution is 2.31.